The molecule has 2 aliphatic rings. The van der Waals surface area contributed by atoms with Crippen LogP contribution in [-0.2, 0) is 4.74 Å². The van der Waals surface area contributed by atoms with Crippen LogP contribution >= 0.6 is 0 Å². The molecular formula is C18H35NO. The molecule has 2 aliphatic carbocycles. The molecule has 0 aromatic rings. The van der Waals surface area contributed by atoms with Crippen LogP contribution in [0.15, 0.2) is 0 Å². The molecule has 0 aliphatic heterocycles. The van der Waals surface area contributed by atoms with Gasteiger partial charge in [0.15, 0.2) is 0 Å². The summed E-state index contributed by atoms with van der Waals surface area (Å²) in [6.45, 7) is 7.81. The quantitative estimate of drug-likeness (QED) is 0.660. The summed E-state index contributed by atoms with van der Waals surface area (Å²) in [6.07, 6.45) is 13.5. The van der Waals surface area contributed by atoms with Gasteiger partial charge in [0.05, 0.1) is 12.2 Å². The van der Waals surface area contributed by atoms with E-state index in [4.69, 9.17) is 4.74 Å². The summed E-state index contributed by atoms with van der Waals surface area (Å²) in [6, 6.07) is 0. The second kappa shape index (κ2) is 8.38. The largest absolute Gasteiger partial charge is 0.373 e. The van der Waals surface area contributed by atoms with Gasteiger partial charge >= 0.3 is 0 Å². The predicted molar refractivity (Wildman–Crippen MR) is 86.1 cm³/mol. The van der Waals surface area contributed by atoms with Gasteiger partial charge in [0.1, 0.15) is 0 Å². The zero-order valence-electron chi connectivity index (χ0n) is 13.8. The molecule has 2 fully saturated rings. The van der Waals surface area contributed by atoms with E-state index in [0.717, 1.165) is 31.5 Å². The smallest absolute Gasteiger partial charge is 0.0806 e. The molecule has 0 radical (unpaired) electrons. The molecule has 0 heterocycles. The van der Waals surface area contributed by atoms with Crippen LogP contribution in [0, 0.1) is 11.8 Å². The Hall–Kier alpha value is -0.0800. The Morgan fingerprint density at radius 2 is 1.70 bits per heavy atom. The van der Waals surface area contributed by atoms with Crippen molar-refractivity contribution in [1.29, 1.82) is 0 Å². The molecule has 0 unspecified atom stereocenters. The Morgan fingerprint density at radius 3 is 2.30 bits per heavy atom. The monoisotopic (exact) mass is 281 g/mol. The topological polar surface area (TPSA) is 21.3 Å². The lowest BCUT2D eigenvalue weighted by Gasteiger charge is -2.41. The van der Waals surface area contributed by atoms with E-state index in [2.05, 4.69) is 19.2 Å². The van der Waals surface area contributed by atoms with E-state index in [9.17, 15) is 0 Å². The molecule has 0 atom stereocenters. The molecule has 0 saturated heterocycles. The molecule has 2 rings (SSSR count). The van der Waals surface area contributed by atoms with Gasteiger partial charge in [0.25, 0.3) is 0 Å². The molecule has 0 aromatic carbocycles. The van der Waals surface area contributed by atoms with Crippen molar-refractivity contribution in [3.05, 3.63) is 0 Å². The van der Waals surface area contributed by atoms with Crippen molar-refractivity contribution < 1.29 is 4.74 Å². The number of hydrogen-bond donors (Lipinski definition) is 1. The fraction of sp³-hybridized carbons (Fsp3) is 1.00. The second-order valence-electron chi connectivity index (χ2n) is 7.17. The Bertz CT molecular complexity index is 247. The van der Waals surface area contributed by atoms with Crippen molar-refractivity contribution >= 4 is 0 Å². The molecule has 2 nitrogen and oxygen atoms in total. The molecule has 0 amide bonds. The Balaban J connectivity index is 1.82. The normalized spacial score (nSPS) is 31.8. The van der Waals surface area contributed by atoms with Crippen LogP contribution in [0.3, 0.4) is 0 Å². The van der Waals surface area contributed by atoms with Crippen LogP contribution in [0.4, 0.5) is 0 Å². The summed E-state index contributed by atoms with van der Waals surface area (Å²) in [5, 5.41) is 3.63. The van der Waals surface area contributed by atoms with E-state index in [1.54, 1.807) is 0 Å². The Morgan fingerprint density at radius 1 is 1.00 bits per heavy atom. The SMILES string of the molecule is CCCNCC1(OCC2CCCC2)CCC(CC)CC1. The number of rotatable bonds is 8. The van der Waals surface area contributed by atoms with Gasteiger partial charge in [0, 0.05) is 6.54 Å². The molecular weight excluding hydrogens is 246 g/mol. The number of hydrogen-bond acceptors (Lipinski definition) is 2. The minimum Gasteiger partial charge on any atom is -0.373 e. The van der Waals surface area contributed by atoms with Gasteiger partial charge < -0.3 is 10.1 Å². The average molecular weight is 281 g/mol. The molecule has 1 N–H and O–H groups in total. The molecule has 20 heavy (non-hydrogen) atoms. The van der Waals surface area contributed by atoms with Gasteiger partial charge in [-0.2, -0.15) is 0 Å². The summed E-state index contributed by atoms with van der Waals surface area (Å²) in [7, 11) is 0. The summed E-state index contributed by atoms with van der Waals surface area (Å²) in [5.41, 5.74) is 0.156. The van der Waals surface area contributed by atoms with E-state index in [1.165, 1.54) is 64.2 Å². The zero-order valence-corrected chi connectivity index (χ0v) is 13.8. The van der Waals surface area contributed by atoms with E-state index in [-0.39, 0.29) is 5.60 Å². The fourth-order valence-electron chi connectivity index (χ4n) is 3.95. The van der Waals surface area contributed by atoms with Crippen LogP contribution in [0.1, 0.15) is 78.1 Å². The molecule has 2 heteroatoms. The lowest BCUT2D eigenvalue weighted by atomic mass is 9.77. The van der Waals surface area contributed by atoms with Crippen molar-refractivity contribution in [1.82, 2.24) is 5.32 Å². The highest BCUT2D eigenvalue weighted by molar-refractivity contribution is 4.89. The first-order valence-electron chi connectivity index (χ1n) is 9.12. The second-order valence-corrected chi connectivity index (χ2v) is 7.17. The maximum Gasteiger partial charge on any atom is 0.0806 e. The minimum absolute atomic E-state index is 0.156. The number of ether oxygens (including phenoxy) is 1. The third kappa shape index (κ3) is 4.73. The van der Waals surface area contributed by atoms with Crippen LogP contribution in [0.5, 0.6) is 0 Å². The highest BCUT2D eigenvalue weighted by Crippen LogP contribution is 2.37. The molecule has 0 spiro atoms. The first kappa shape index (κ1) is 16.3. The van der Waals surface area contributed by atoms with Gasteiger partial charge in [-0.1, -0.05) is 33.1 Å². The summed E-state index contributed by atoms with van der Waals surface area (Å²) in [5.74, 6) is 1.80. The first-order chi connectivity index (χ1) is 9.78. The highest BCUT2D eigenvalue weighted by Gasteiger charge is 2.36. The third-order valence-corrected chi connectivity index (χ3v) is 5.57. The minimum atomic E-state index is 0.156. The fourth-order valence-corrected chi connectivity index (χ4v) is 3.95. The average Bonchev–Trinajstić information content (AvgIpc) is 3.00. The van der Waals surface area contributed by atoms with Gasteiger partial charge in [-0.3, -0.25) is 0 Å². The molecule has 0 bridgehead atoms. The van der Waals surface area contributed by atoms with Crippen LogP contribution in [0.25, 0.3) is 0 Å². The van der Waals surface area contributed by atoms with Crippen molar-refractivity contribution in [3.8, 4) is 0 Å². The van der Waals surface area contributed by atoms with E-state index >= 15 is 0 Å². The van der Waals surface area contributed by atoms with Crippen LogP contribution < -0.4 is 5.32 Å². The van der Waals surface area contributed by atoms with Crippen LogP contribution in [-0.4, -0.2) is 25.3 Å². The van der Waals surface area contributed by atoms with Crippen molar-refractivity contribution in [3.63, 3.8) is 0 Å². The Kier molecular flexibility index (Phi) is 6.83. The van der Waals surface area contributed by atoms with Gasteiger partial charge in [-0.05, 0) is 63.3 Å². The lowest BCUT2D eigenvalue weighted by molar-refractivity contribution is -0.0881. The zero-order chi connectivity index (χ0) is 14.3. The Labute approximate surface area is 126 Å². The first-order valence-corrected chi connectivity index (χ1v) is 9.12. The van der Waals surface area contributed by atoms with Gasteiger partial charge in [-0.15, -0.1) is 0 Å². The molecule has 0 aromatic heterocycles. The maximum atomic E-state index is 6.53. The van der Waals surface area contributed by atoms with Crippen LogP contribution in [0.2, 0.25) is 0 Å². The van der Waals surface area contributed by atoms with E-state index < -0.39 is 0 Å². The van der Waals surface area contributed by atoms with Gasteiger partial charge in [-0.25, -0.2) is 0 Å². The molecule has 2 saturated carbocycles. The summed E-state index contributed by atoms with van der Waals surface area (Å²) >= 11 is 0. The van der Waals surface area contributed by atoms with Crippen molar-refractivity contribution in [2.75, 3.05) is 19.7 Å². The van der Waals surface area contributed by atoms with Gasteiger partial charge in [0.2, 0.25) is 0 Å². The maximum absolute atomic E-state index is 6.53. The van der Waals surface area contributed by atoms with E-state index in [1.807, 2.05) is 0 Å². The van der Waals surface area contributed by atoms with E-state index in [0.29, 0.717) is 0 Å². The summed E-state index contributed by atoms with van der Waals surface area (Å²) in [4.78, 5) is 0. The third-order valence-electron chi connectivity index (χ3n) is 5.57. The summed E-state index contributed by atoms with van der Waals surface area (Å²) < 4.78 is 6.53. The van der Waals surface area contributed by atoms with Crippen molar-refractivity contribution in [2.24, 2.45) is 11.8 Å². The predicted octanol–water partition coefficient (Wildman–Crippen LogP) is 4.53. The number of nitrogens with one attached hydrogen (secondary N) is 1. The van der Waals surface area contributed by atoms with Crippen molar-refractivity contribution in [2.45, 2.75) is 83.7 Å². The lowest BCUT2D eigenvalue weighted by Crippen LogP contribution is -2.46. The standard InChI is InChI=1S/C18H35NO/c1-3-13-19-15-18(11-9-16(4-2)10-12-18)20-14-17-7-5-6-8-17/h16-17,19H,3-15H2,1-2H3. The highest BCUT2D eigenvalue weighted by atomic mass is 16.5. The molecule has 118 valence electrons.